The first-order valence-corrected chi connectivity index (χ1v) is 17.1. The van der Waals surface area contributed by atoms with Crippen molar-refractivity contribution in [2.75, 3.05) is 65.4 Å². The molecule has 0 rings (SSSR count). The second-order valence-electron chi connectivity index (χ2n) is 11.5. The van der Waals surface area contributed by atoms with Gasteiger partial charge in [0.25, 0.3) is 0 Å². The van der Waals surface area contributed by atoms with Gasteiger partial charge in [0.2, 0.25) is 11.8 Å². The van der Waals surface area contributed by atoms with Crippen LogP contribution in [0.15, 0.2) is 0 Å². The van der Waals surface area contributed by atoms with Crippen molar-refractivity contribution in [1.29, 1.82) is 0 Å². The summed E-state index contributed by atoms with van der Waals surface area (Å²) in [6.45, 7) is 15.9. The van der Waals surface area contributed by atoms with Gasteiger partial charge in [0.1, 0.15) is 11.6 Å². The van der Waals surface area contributed by atoms with Crippen LogP contribution in [-0.4, -0.2) is 98.6 Å². The summed E-state index contributed by atoms with van der Waals surface area (Å²) in [4.78, 5) is 53.2. The van der Waals surface area contributed by atoms with Crippen LogP contribution in [0.5, 0.6) is 0 Å². The van der Waals surface area contributed by atoms with Crippen molar-refractivity contribution in [2.45, 2.75) is 124 Å². The normalized spacial score (nSPS) is 11.3. The highest BCUT2D eigenvalue weighted by Crippen LogP contribution is 2.08. The third-order valence-electron chi connectivity index (χ3n) is 7.42. The van der Waals surface area contributed by atoms with Crippen molar-refractivity contribution in [3.8, 4) is 0 Å². The summed E-state index contributed by atoms with van der Waals surface area (Å²) in [5.74, 6) is 0.863. The van der Waals surface area contributed by atoms with E-state index in [2.05, 4.69) is 46.5 Å². The van der Waals surface area contributed by atoms with E-state index in [-0.39, 0.29) is 11.8 Å². The zero-order valence-electron chi connectivity index (χ0n) is 27.7. The predicted octanol–water partition coefficient (Wildman–Crippen LogP) is 4.48. The van der Waals surface area contributed by atoms with E-state index in [1.165, 1.54) is 0 Å². The fourth-order valence-corrected chi connectivity index (χ4v) is 4.60. The monoisotopic (exact) mass is 596 g/mol. The molecule has 3 N–H and O–H groups in total. The second kappa shape index (κ2) is 29.2. The molecular weight excluding hydrogens is 530 g/mol. The average molecular weight is 596 g/mol. The van der Waals surface area contributed by atoms with Crippen molar-refractivity contribution in [2.24, 2.45) is 0 Å². The Hall–Kier alpha value is -1.84. The number of ketones is 2. The van der Waals surface area contributed by atoms with Crippen molar-refractivity contribution in [3.63, 3.8) is 0 Å². The number of carbonyl (C=O) groups excluding carboxylic acids is 4. The molecule has 246 valence electrons. The molecule has 0 aliphatic rings. The van der Waals surface area contributed by atoms with E-state index in [1.54, 1.807) is 0 Å². The maximum absolute atomic E-state index is 12.4. The van der Waals surface area contributed by atoms with Crippen LogP contribution in [0.3, 0.4) is 0 Å². The zero-order valence-corrected chi connectivity index (χ0v) is 27.7. The van der Waals surface area contributed by atoms with E-state index in [0.717, 1.165) is 97.1 Å². The summed E-state index contributed by atoms with van der Waals surface area (Å²) in [5.41, 5.74) is 0. The van der Waals surface area contributed by atoms with Crippen LogP contribution in [0.25, 0.3) is 0 Å². The third kappa shape index (κ3) is 25.8. The fraction of sp³-hybridized carbons (Fsp3) is 0.879. The molecule has 0 radical (unpaired) electrons. The van der Waals surface area contributed by atoms with Gasteiger partial charge < -0.3 is 25.8 Å². The minimum atomic E-state index is 0.0756. The molecule has 0 atom stereocenters. The number of hydrogen-bond donors (Lipinski definition) is 3. The number of Topliss-reactive ketones (excluding diaryl/α,β-unsaturated/α-hetero) is 2. The summed E-state index contributed by atoms with van der Waals surface area (Å²) in [6, 6.07) is 0. The summed E-state index contributed by atoms with van der Waals surface area (Å²) >= 11 is 0. The molecule has 0 saturated carbocycles. The number of nitrogens with one attached hydrogen (secondary N) is 3. The lowest BCUT2D eigenvalue weighted by Crippen LogP contribution is -2.41. The summed E-state index contributed by atoms with van der Waals surface area (Å²) < 4.78 is 0. The van der Waals surface area contributed by atoms with Crippen LogP contribution >= 0.6 is 0 Å². The second-order valence-corrected chi connectivity index (χ2v) is 11.5. The van der Waals surface area contributed by atoms with Crippen LogP contribution in [0.4, 0.5) is 0 Å². The molecule has 42 heavy (non-hydrogen) atoms. The first kappa shape index (κ1) is 40.2. The third-order valence-corrected chi connectivity index (χ3v) is 7.42. The first-order valence-electron chi connectivity index (χ1n) is 17.1. The van der Waals surface area contributed by atoms with E-state index < -0.39 is 0 Å². The highest BCUT2D eigenvalue weighted by Gasteiger charge is 2.13. The van der Waals surface area contributed by atoms with Gasteiger partial charge in [0.05, 0.1) is 0 Å². The fourth-order valence-electron chi connectivity index (χ4n) is 4.60. The van der Waals surface area contributed by atoms with Crippen molar-refractivity contribution < 1.29 is 19.2 Å². The Morgan fingerprint density at radius 1 is 0.429 bits per heavy atom. The van der Waals surface area contributed by atoms with E-state index in [0.29, 0.717) is 76.3 Å². The van der Waals surface area contributed by atoms with Crippen LogP contribution in [0.1, 0.15) is 124 Å². The lowest BCUT2D eigenvalue weighted by molar-refractivity contribution is -0.122. The highest BCUT2D eigenvalue weighted by molar-refractivity contribution is 5.78. The molecule has 0 aromatic rings. The molecule has 0 fully saturated rings. The Morgan fingerprint density at radius 3 is 1.55 bits per heavy atom. The van der Waals surface area contributed by atoms with E-state index in [4.69, 9.17) is 0 Å². The van der Waals surface area contributed by atoms with E-state index >= 15 is 0 Å². The molecule has 9 nitrogen and oxygen atoms in total. The van der Waals surface area contributed by atoms with E-state index in [9.17, 15) is 19.2 Å². The molecule has 0 unspecified atom stereocenters. The molecule has 2 amide bonds. The van der Waals surface area contributed by atoms with Crippen molar-refractivity contribution in [3.05, 3.63) is 0 Å². The highest BCUT2D eigenvalue weighted by atomic mass is 16.2. The smallest absolute Gasteiger partial charge is 0.221 e. The number of nitrogens with zero attached hydrogens (tertiary/aromatic N) is 2. The maximum atomic E-state index is 12.4. The van der Waals surface area contributed by atoms with Gasteiger partial charge in [0, 0.05) is 97.4 Å². The maximum Gasteiger partial charge on any atom is 0.221 e. The quantitative estimate of drug-likeness (QED) is 0.101. The number of amides is 2. The lowest BCUT2D eigenvalue weighted by atomic mass is 10.1. The Labute approximate surface area is 257 Å². The molecule has 0 spiro atoms. The van der Waals surface area contributed by atoms with E-state index in [1.807, 2.05) is 6.92 Å². The topological polar surface area (TPSA) is 111 Å². The number of carbonyl (C=O) groups is 4. The Kier molecular flexibility index (Phi) is 28.0. The molecular formula is C33H65N5O4. The standard InChI is InChI=1S/C33H65N5O4/c1-5-9-14-30(39)16-12-11-13-24-37(26-19-33(42)36-21-8-4)28-29-38(25-18-31(40)15-10-6-2)27-23-34-22-17-32(41)35-20-7-3/h34H,5-29H2,1-4H3,(H,35,41)(H,36,42). The van der Waals surface area contributed by atoms with Crippen LogP contribution in [0.2, 0.25) is 0 Å². The molecule has 0 aromatic carbocycles. The van der Waals surface area contributed by atoms with Gasteiger partial charge in [-0.15, -0.1) is 0 Å². The molecule has 0 aromatic heterocycles. The number of rotatable bonds is 31. The van der Waals surface area contributed by atoms with Crippen LogP contribution < -0.4 is 16.0 Å². The zero-order chi connectivity index (χ0) is 31.3. The summed E-state index contributed by atoms with van der Waals surface area (Å²) in [6.07, 6.45) is 12.4. The number of unbranched alkanes of at least 4 members (excludes halogenated alkanes) is 4. The molecule has 9 heteroatoms. The molecule has 0 heterocycles. The van der Waals surface area contributed by atoms with Crippen LogP contribution in [0, 0.1) is 0 Å². The largest absolute Gasteiger partial charge is 0.356 e. The van der Waals surface area contributed by atoms with Gasteiger partial charge in [-0.25, -0.2) is 0 Å². The lowest BCUT2D eigenvalue weighted by Gasteiger charge is -2.28. The van der Waals surface area contributed by atoms with Crippen LogP contribution in [-0.2, 0) is 19.2 Å². The van der Waals surface area contributed by atoms with Gasteiger partial charge >= 0.3 is 0 Å². The average Bonchev–Trinajstić information content (AvgIpc) is 2.99. The Bertz CT molecular complexity index is 646. The van der Waals surface area contributed by atoms with Gasteiger partial charge in [-0.1, -0.05) is 47.0 Å². The predicted molar refractivity (Wildman–Crippen MR) is 174 cm³/mol. The minimum Gasteiger partial charge on any atom is -0.356 e. The van der Waals surface area contributed by atoms with Gasteiger partial charge in [-0.3, -0.25) is 19.2 Å². The molecule has 0 aliphatic heterocycles. The Balaban J connectivity index is 4.89. The van der Waals surface area contributed by atoms with Crippen molar-refractivity contribution >= 4 is 23.4 Å². The SMILES string of the molecule is CCCCC(=O)CCCCCN(CCC(=O)NCCC)CCN(CCNCCC(=O)NCCC)CCC(=O)CCCC. The number of hydrogen-bond acceptors (Lipinski definition) is 7. The minimum absolute atomic E-state index is 0.0756. The summed E-state index contributed by atoms with van der Waals surface area (Å²) in [5, 5.41) is 9.27. The summed E-state index contributed by atoms with van der Waals surface area (Å²) in [7, 11) is 0. The molecule has 0 saturated heterocycles. The molecule has 0 bridgehead atoms. The van der Waals surface area contributed by atoms with Crippen molar-refractivity contribution in [1.82, 2.24) is 25.8 Å². The first-order chi connectivity index (χ1) is 20.4. The Morgan fingerprint density at radius 2 is 0.952 bits per heavy atom. The molecule has 0 aliphatic carbocycles. The van der Waals surface area contributed by atoms with Gasteiger partial charge in [-0.2, -0.15) is 0 Å². The van der Waals surface area contributed by atoms with Gasteiger partial charge in [-0.05, 0) is 45.1 Å². The van der Waals surface area contributed by atoms with Gasteiger partial charge in [0.15, 0.2) is 0 Å².